The summed E-state index contributed by atoms with van der Waals surface area (Å²) in [6, 6.07) is 10.5. The summed E-state index contributed by atoms with van der Waals surface area (Å²) in [5.74, 6) is -0.237. The van der Waals surface area contributed by atoms with Crippen LogP contribution in [0, 0.1) is 0 Å². The van der Waals surface area contributed by atoms with Gasteiger partial charge in [-0.05, 0) is 42.5 Å². The minimum atomic E-state index is -4.09. The zero-order valence-electron chi connectivity index (χ0n) is 13.9. The molecule has 0 aromatic heterocycles. The average Bonchev–Trinajstić information content (AvgIpc) is 2.62. The highest BCUT2D eigenvalue weighted by molar-refractivity contribution is 7.90. The molecule has 0 spiro atoms. The summed E-state index contributed by atoms with van der Waals surface area (Å²) in [6.07, 6.45) is -0.160. The van der Waals surface area contributed by atoms with Crippen LogP contribution in [0.15, 0.2) is 47.4 Å². The molecule has 0 fully saturated rings. The highest BCUT2D eigenvalue weighted by atomic mass is 35.5. The van der Waals surface area contributed by atoms with Crippen LogP contribution in [-0.4, -0.2) is 33.4 Å². The Kier molecular flexibility index (Phi) is 5.52. The number of halogens is 1. The number of anilines is 1. The van der Waals surface area contributed by atoms with E-state index in [2.05, 4.69) is 5.32 Å². The standard InChI is InChI=1S/C17H15ClN2O6S/c18-11-1-3-12(4-2-11)25-8-7-16(21)20-27(23,24)13-5-6-15-14(9-13)19-17(22)10-26-15/h1-6,9H,7-8,10H2,(H,19,22)(H,20,21). The van der Waals surface area contributed by atoms with Crippen LogP contribution in [0.2, 0.25) is 5.02 Å². The maximum atomic E-state index is 12.3. The van der Waals surface area contributed by atoms with E-state index in [1.165, 1.54) is 18.2 Å². The van der Waals surface area contributed by atoms with Gasteiger partial charge in [-0.3, -0.25) is 9.59 Å². The average molecular weight is 411 g/mol. The lowest BCUT2D eigenvalue weighted by Crippen LogP contribution is -2.32. The molecular weight excluding hydrogens is 396 g/mol. The topological polar surface area (TPSA) is 111 Å². The molecule has 0 aliphatic carbocycles. The van der Waals surface area contributed by atoms with Crippen LogP contribution < -0.4 is 19.5 Å². The van der Waals surface area contributed by atoms with E-state index in [1.54, 1.807) is 24.3 Å². The molecule has 27 heavy (non-hydrogen) atoms. The van der Waals surface area contributed by atoms with Crippen LogP contribution in [0.5, 0.6) is 11.5 Å². The van der Waals surface area contributed by atoms with E-state index in [1.807, 2.05) is 4.72 Å². The number of rotatable bonds is 6. The van der Waals surface area contributed by atoms with Crippen LogP contribution in [0.3, 0.4) is 0 Å². The molecule has 8 nitrogen and oxygen atoms in total. The molecule has 2 aromatic carbocycles. The van der Waals surface area contributed by atoms with Gasteiger partial charge >= 0.3 is 0 Å². The highest BCUT2D eigenvalue weighted by Crippen LogP contribution is 2.30. The second kappa shape index (κ2) is 7.85. The normalized spacial score (nSPS) is 13.1. The quantitative estimate of drug-likeness (QED) is 0.753. The molecule has 0 atom stereocenters. The third kappa shape index (κ3) is 4.89. The summed E-state index contributed by atoms with van der Waals surface area (Å²) in [6.45, 7) is -0.138. The minimum absolute atomic E-state index is 0.00291. The fourth-order valence-corrected chi connectivity index (χ4v) is 3.45. The van der Waals surface area contributed by atoms with Crippen molar-refractivity contribution in [2.24, 2.45) is 0 Å². The van der Waals surface area contributed by atoms with E-state index in [-0.39, 0.29) is 36.1 Å². The van der Waals surface area contributed by atoms with Crippen molar-refractivity contribution in [2.75, 3.05) is 18.5 Å². The number of hydrogen-bond donors (Lipinski definition) is 2. The van der Waals surface area contributed by atoms with E-state index in [0.29, 0.717) is 16.5 Å². The van der Waals surface area contributed by atoms with E-state index in [4.69, 9.17) is 21.1 Å². The van der Waals surface area contributed by atoms with Crippen molar-refractivity contribution >= 4 is 39.1 Å². The first kappa shape index (κ1) is 19.0. The molecule has 0 radical (unpaired) electrons. The Bertz CT molecular complexity index is 975. The minimum Gasteiger partial charge on any atom is -0.493 e. The predicted octanol–water partition coefficient (Wildman–Crippen LogP) is 1.94. The first-order chi connectivity index (χ1) is 12.8. The van der Waals surface area contributed by atoms with Gasteiger partial charge in [0.25, 0.3) is 15.9 Å². The molecule has 10 heteroatoms. The van der Waals surface area contributed by atoms with Gasteiger partial charge in [-0.2, -0.15) is 0 Å². The molecule has 1 heterocycles. The molecule has 1 aliphatic heterocycles. The molecular formula is C17H15ClN2O6S. The van der Waals surface area contributed by atoms with Crippen LogP contribution >= 0.6 is 11.6 Å². The van der Waals surface area contributed by atoms with E-state index in [0.717, 1.165) is 0 Å². The first-order valence-electron chi connectivity index (χ1n) is 7.84. The molecule has 2 N–H and O–H groups in total. The fraction of sp³-hybridized carbons (Fsp3) is 0.176. The Labute approximate surface area is 160 Å². The van der Waals surface area contributed by atoms with Gasteiger partial charge in [0, 0.05) is 5.02 Å². The summed E-state index contributed by atoms with van der Waals surface area (Å²) in [5.41, 5.74) is 0.229. The summed E-state index contributed by atoms with van der Waals surface area (Å²) >= 11 is 5.76. The molecule has 2 amide bonds. The number of benzene rings is 2. The molecule has 0 saturated carbocycles. The number of fused-ring (bicyclic) bond motifs is 1. The highest BCUT2D eigenvalue weighted by Gasteiger charge is 2.22. The van der Waals surface area contributed by atoms with E-state index >= 15 is 0 Å². The van der Waals surface area contributed by atoms with Gasteiger partial charge in [0.2, 0.25) is 5.91 Å². The van der Waals surface area contributed by atoms with Crippen LogP contribution in [-0.2, 0) is 19.6 Å². The van der Waals surface area contributed by atoms with Gasteiger partial charge in [0.15, 0.2) is 6.61 Å². The third-order valence-corrected chi connectivity index (χ3v) is 5.18. The Morgan fingerprint density at radius 2 is 1.96 bits per heavy atom. The zero-order chi connectivity index (χ0) is 19.4. The molecule has 0 saturated heterocycles. The van der Waals surface area contributed by atoms with Gasteiger partial charge in [0.1, 0.15) is 11.5 Å². The lowest BCUT2D eigenvalue weighted by Gasteiger charge is -2.18. The Morgan fingerprint density at radius 1 is 1.22 bits per heavy atom. The third-order valence-electron chi connectivity index (χ3n) is 3.55. The maximum absolute atomic E-state index is 12.3. The Hall–Kier alpha value is -2.78. The summed E-state index contributed by atoms with van der Waals surface area (Å²) in [4.78, 5) is 23.1. The van der Waals surface area contributed by atoms with Gasteiger partial charge < -0.3 is 14.8 Å². The second-order valence-corrected chi connectivity index (χ2v) is 7.69. The van der Waals surface area contributed by atoms with Crippen molar-refractivity contribution < 1.29 is 27.5 Å². The molecule has 1 aliphatic rings. The Balaban J connectivity index is 1.59. The number of carbonyl (C=O) groups is 2. The molecule has 2 aromatic rings. The first-order valence-corrected chi connectivity index (χ1v) is 9.70. The number of hydrogen-bond acceptors (Lipinski definition) is 6. The lowest BCUT2D eigenvalue weighted by atomic mass is 10.2. The fourth-order valence-electron chi connectivity index (χ4n) is 2.28. The monoisotopic (exact) mass is 410 g/mol. The Morgan fingerprint density at radius 3 is 2.70 bits per heavy atom. The SMILES string of the molecule is O=C1COc2ccc(S(=O)(=O)NC(=O)CCOc3ccc(Cl)cc3)cc2N1. The molecule has 142 valence electrons. The van der Waals surface area contributed by atoms with Crippen molar-refractivity contribution in [3.05, 3.63) is 47.5 Å². The van der Waals surface area contributed by atoms with Crippen molar-refractivity contribution in [2.45, 2.75) is 11.3 Å². The van der Waals surface area contributed by atoms with Crippen LogP contribution in [0.1, 0.15) is 6.42 Å². The lowest BCUT2D eigenvalue weighted by molar-refractivity contribution is -0.120. The number of ether oxygens (including phenoxy) is 2. The van der Waals surface area contributed by atoms with E-state index in [9.17, 15) is 18.0 Å². The zero-order valence-corrected chi connectivity index (χ0v) is 15.5. The van der Waals surface area contributed by atoms with Crippen molar-refractivity contribution in [3.63, 3.8) is 0 Å². The van der Waals surface area contributed by atoms with Crippen molar-refractivity contribution in [1.29, 1.82) is 0 Å². The van der Waals surface area contributed by atoms with Crippen molar-refractivity contribution in [1.82, 2.24) is 4.72 Å². The van der Waals surface area contributed by atoms with Gasteiger partial charge in [0.05, 0.1) is 23.6 Å². The molecule has 0 bridgehead atoms. The number of amides is 2. The largest absolute Gasteiger partial charge is 0.493 e. The van der Waals surface area contributed by atoms with E-state index < -0.39 is 15.9 Å². The van der Waals surface area contributed by atoms with Gasteiger partial charge in [-0.25, -0.2) is 13.1 Å². The number of sulfonamides is 1. The number of carbonyl (C=O) groups excluding carboxylic acids is 2. The van der Waals surface area contributed by atoms with Gasteiger partial charge in [-0.1, -0.05) is 11.6 Å². The second-order valence-electron chi connectivity index (χ2n) is 5.58. The molecule has 0 unspecified atom stereocenters. The summed E-state index contributed by atoms with van der Waals surface area (Å²) in [5, 5.41) is 3.07. The van der Waals surface area contributed by atoms with Gasteiger partial charge in [-0.15, -0.1) is 0 Å². The van der Waals surface area contributed by atoms with Crippen molar-refractivity contribution in [3.8, 4) is 11.5 Å². The summed E-state index contributed by atoms with van der Waals surface area (Å²) < 4.78 is 37.2. The van der Waals surface area contributed by atoms with Crippen LogP contribution in [0.25, 0.3) is 0 Å². The molecule has 3 rings (SSSR count). The smallest absolute Gasteiger partial charge is 0.264 e. The predicted molar refractivity (Wildman–Crippen MR) is 97.5 cm³/mol. The van der Waals surface area contributed by atoms with Crippen LogP contribution in [0.4, 0.5) is 5.69 Å². The summed E-state index contributed by atoms with van der Waals surface area (Å²) in [7, 11) is -4.09. The number of nitrogens with one attached hydrogen (secondary N) is 2. The maximum Gasteiger partial charge on any atom is 0.264 e.